The molecular weight excluding hydrogens is 230 g/mol. The zero-order valence-electron chi connectivity index (χ0n) is 10.2. The maximum absolute atomic E-state index is 5.76. The number of anilines is 2. The van der Waals surface area contributed by atoms with E-state index >= 15 is 0 Å². The zero-order chi connectivity index (χ0) is 12.5. The summed E-state index contributed by atoms with van der Waals surface area (Å²) in [6, 6.07) is 0.549. The van der Waals surface area contributed by atoms with Crippen molar-refractivity contribution < 1.29 is 0 Å². The van der Waals surface area contributed by atoms with E-state index in [2.05, 4.69) is 31.8 Å². The van der Waals surface area contributed by atoms with E-state index in [4.69, 9.17) is 5.73 Å². The van der Waals surface area contributed by atoms with E-state index in [0.717, 1.165) is 6.54 Å². The van der Waals surface area contributed by atoms with Crippen LogP contribution in [0.2, 0.25) is 0 Å². The average molecular weight is 245 g/mol. The van der Waals surface area contributed by atoms with Gasteiger partial charge in [-0.05, 0) is 19.8 Å². The van der Waals surface area contributed by atoms with Gasteiger partial charge in [0.1, 0.15) is 6.33 Å². The molecule has 0 amide bonds. The Bertz CT molecular complexity index is 532. The molecule has 1 aliphatic carbocycles. The topological polar surface area (TPSA) is 85.8 Å². The fourth-order valence-electron chi connectivity index (χ4n) is 1.94. The molecule has 0 bridgehead atoms. The van der Waals surface area contributed by atoms with Gasteiger partial charge in [-0.25, -0.2) is 4.98 Å². The Morgan fingerprint density at radius 1 is 1.39 bits per heavy atom. The van der Waals surface area contributed by atoms with Gasteiger partial charge in [0, 0.05) is 25.0 Å². The van der Waals surface area contributed by atoms with Crippen molar-refractivity contribution in [3.8, 4) is 5.95 Å². The van der Waals surface area contributed by atoms with Crippen LogP contribution in [0.15, 0.2) is 18.7 Å². The number of aromatic nitrogens is 5. The van der Waals surface area contributed by atoms with Gasteiger partial charge in [-0.15, -0.1) is 0 Å². The van der Waals surface area contributed by atoms with Gasteiger partial charge in [0.15, 0.2) is 0 Å². The van der Waals surface area contributed by atoms with Gasteiger partial charge < -0.3 is 10.6 Å². The summed E-state index contributed by atoms with van der Waals surface area (Å²) in [5.74, 6) is 1.40. The van der Waals surface area contributed by atoms with Crippen molar-refractivity contribution in [1.29, 1.82) is 0 Å². The number of rotatable bonds is 4. The molecule has 7 nitrogen and oxygen atoms in total. The highest BCUT2D eigenvalue weighted by molar-refractivity contribution is 5.40. The fraction of sp³-hybridized carbons (Fsp3) is 0.455. The van der Waals surface area contributed by atoms with Crippen molar-refractivity contribution in [2.24, 2.45) is 0 Å². The van der Waals surface area contributed by atoms with Crippen molar-refractivity contribution in [3.05, 3.63) is 18.7 Å². The molecule has 2 heterocycles. The van der Waals surface area contributed by atoms with Gasteiger partial charge in [0.05, 0.1) is 0 Å². The quantitative estimate of drug-likeness (QED) is 0.850. The van der Waals surface area contributed by atoms with Gasteiger partial charge in [-0.1, -0.05) is 0 Å². The first kappa shape index (κ1) is 10.9. The van der Waals surface area contributed by atoms with E-state index in [1.54, 1.807) is 23.3 Å². The van der Waals surface area contributed by atoms with Crippen LogP contribution in [-0.2, 0) is 0 Å². The van der Waals surface area contributed by atoms with Crippen LogP contribution in [0.1, 0.15) is 19.8 Å². The number of nitrogens with zero attached hydrogens (tertiary/aromatic N) is 6. The highest BCUT2D eigenvalue weighted by Crippen LogP contribution is 2.29. The van der Waals surface area contributed by atoms with Gasteiger partial charge in [0.25, 0.3) is 0 Å². The SMILES string of the molecule is CCN(c1nc(N)nc(-n2ccnc2)n1)C1CC1. The third kappa shape index (κ3) is 1.99. The van der Waals surface area contributed by atoms with Gasteiger partial charge in [-0.2, -0.15) is 15.0 Å². The smallest absolute Gasteiger partial charge is 0.241 e. The van der Waals surface area contributed by atoms with E-state index in [-0.39, 0.29) is 5.95 Å². The molecule has 3 rings (SSSR count). The second kappa shape index (κ2) is 4.25. The molecule has 0 spiro atoms. The third-order valence-electron chi connectivity index (χ3n) is 2.95. The minimum atomic E-state index is 0.239. The summed E-state index contributed by atoms with van der Waals surface area (Å²) in [7, 11) is 0. The summed E-state index contributed by atoms with van der Waals surface area (Å²) in [6.45, 7) is 2.96. The first-order valence-electron chi connectivity index (χ1n) is 6.04. The Morgan fingerprint density at radius 3 is 2.83 bits per heavy atom. The average Bonchev–Trinajstić information content (AvgIpc) is 3.04. The largest absolute Gasteiger partial charge is 0.368 e. The number of hydrogen-bond acceptors (Lipinski definition) is 6. The lowest BCUT2D eigenvalue weighted by atomic mass is 10.5. The maximum Gasteiger partial charge on any atom is 0.241 e. The molecule has 0 aliphatic heterocycles. The second-order valence-corrected chi connectivity index (χ2v) is 4.28. The minimum absolute atomic E-state index is 0.239. The lowest BCUT2D eigenvalue weighted by molar-refractivity contribution is 0.770. The van der Waals surface area contributed by atoms with Crippen LogP contribution in [-0.4, -0.2) is 37.1 Å². The number of nitrogen functional groups attached to an aromatic ring is 1. The molecule has 2 N–H and O–H groups in total. The van der Waals surface area contributed by atoms with E-state index < -0.39 is 0 Å². The van der Waals surface area contributed by atoms with Crippen molar-refractivity contribution in [3.63, 3.8) is 0 Å². The summed E-state index contributed by atoms with van der Waals surface area (Å²) in [5, 5.41) is 0. The maximum atomic E-state index is 5.76. The summed E-state index contributed by atoms with van der Waals surface area (Å²) < 4.78 is 1.72. The lowest BCUT2D eigenvalue weighted by Crippen LogP contribution is -2.28. The zero-order valence-corrected chi connectivity index (χ0v) is 10.2. The van der Waals surface area contributed by atoms with Crippen LogP contribution in [0.4, 0.5) is 11.9 Å². The fourth-order valence-corrected chi connectivity index (χ4v) is 1.94. The highest BCUT2D eigenvalue weighted by atomic mass is 15.3. The number of imidazole rings is 1. The van der Waals surface area contributed by atoms with Gasteiger partial charge in [-0.3, -0.25) is 4.57 Å². The van der Waals surface area contributed by atoms with E-state index in [0.29, 0.717) is 17.9 Å². The summed E-state index contributed by atoms with van der Waals surface area (Å²) >= 11 is 0. The molecule has 1 aliphatic rings. The Hall–Kier alpha value is -2.18. The van der Waals surface area contributed by atoms with Crippen LogP contribution in [0, 0.1) is 0 Å². The van der Waals surface area contributed by atoms with Crippen molar-refractivity contribution in [1.82, 2.24) is 24.5 Å². The molecule has 0 atom stereocenters. The number of hydrogen-bond donors (Lipinski definition) is 1. The van der Waals surface area contributed by atoms with Gasteiger partial charge in [0.2, 0.25) is 17.8 Å². The van der Waals surface area contributed by atoms with Crippen LogP contribution in [0.5, 0.6) is 0 Å². The van der Waals surface area contributed by atoms with Crippen molar-refractivity contribution in [2.75, 3.05) is 17.2 Å². The normalized spacial score (nSPS) is 14.7. The van der Waals surface area contributed by atoms with Crippen LogP contribution in [0.25, 0.3) is 5.95 Å². The molecule has 0 radical (unpaired) electrons. The predicted molar refractivity (Wildman–Crippen MR) is 67.4 cm³/mol. The predicted octanol–water partition coefficient (Wildman–Crippen LogP) is 0.628. The monoisotopic (exact) mass is 245 g/mol. The van der Waals surface area contributed by atoms with E-state index in [9.17, 15) is 0 Å². The molecule has 1 saturated carbocycles. The summed E-state index contributed by atoms with van der Waals surface area (Å²) in [4.78, 5) is 18.9. The first-order valence-corrected chi connectivity index (χ1v) is 6.04. The van der Waals surface area contributed by atoms with Crippen molar-refractivity contribution in [2.45, 2.75) is 25.8 Å². The summed E-state index contributed by atoms with van der Waals surface area (Å²) in [6.07, 6.45) is 7.50. The highest BCUT2D eigenvalue weighted by Gasteiger charge is 2.30. The Morgan fingerprint density at radius 2 is 2.22 bits per heavy atom. The second-order valence-electron chi connectivity index (χ2n) is 4.28. The van der Waals surface area contributed by atoms with Crippen molar-refractivity contribution >= 4 is 11.9 Å². The van der Waals surface area contributed by atoms with E-state index in [1.807, 2.05) is 0 Å². The molecule has 94 valence electrons. The Labute approximate surface area is 105 Å². The third-order valence-corrected chi connectivity index (χ3v) is 2.95. The lowest BCUT2D eigenvalue weighted by Gasteiger charge is -2.20. The Kier molecular flexibility index (Phi) is 2.58. The molecule has 1 fully saturated rings. The molecule has 7 heteroatoms. The van der Waals surface area contributed by atoms with Gasteiger partial charge >= 0.3 is 0 Å². The van der Waals surface area contributed by atoms with Crippen LogP contribution >= 0.6 is 0 Å². The summed E-state index contributed by atoms with van der Waals surface area (Å²) in [5.41, 5.74) is 5.76. The molecule has 2 aromatic heterocycles. The van der Waals surface area contributed by atoms with E-state index in [1.165, 1.54) is 12.8 Å². The Balaban J connectivity index is 1.99. The molecule has 18 heavy (non-hydrogen) atoms. The molecule has 0 unspecified atom stereocenters. The minimum Gasteiger partial charge on any atom is -0.368 e. The molecular formula is C11H15N7. The van der Waals surface area contributed by atoms with Crippen LogP contribution in [0.3, 0.4) is 0 Å². The number of nitrogens with two attached hydrogens (primary N) is 1. The standard InChI is InChI=1S/C11H15N7/c1-2-18(8-3-4-8)11-15-9(12)14-10(16-11)17-6-5-13-7-17/h5-8H,2-4H2,1H3,(H2,12,14,15,16). The molecule has 0 aromatic carbocycles. The molecule has 2 aromatic rings. The van der Waals surface area contributed by atoms with Crippen LogP contribution < -0.4 is 10.6 Å². The molecule has 0 saturated heterocycles. The first-order chi connectivity index (χ1) is 8.78.